The Balaban J connectivity index is 1.52. The molecular formula is C17H29N3O2. The Labute approximate surface area is 133 Å². The van der Waals surface area contributed by atoms with E-state index < -0.39 is 0 Å². The van der Waals surface area contributed by atoms with Crippen LogP contribution < -0.4 is 5.32 Å². The van der Waals surface area contributed by atoms with Gasteiger partial charge in [0.25, 0.3) is 0 Å². The molecule has 0 unspecified atom stereocenters. The highest BCUT2D eigenvalue weighted by molar-refractivity contribution is 5.12. The Hall–Kier alpha value is -0.910. The second-order valence-electron chi connectivity index (χ2n) is 7.36. The Kier molecular flexibility index (Phi) is 5.16. The highest BCUT2D eigenvalue weighted by Gasteiger charge is 2.39. The summed E-state index contributed by atoms with van der Waals surface area (Å²) in [6, 6.07) is 2.09. The van der Waals surface area contributed by atoms with E-state index in [-0.39, 0.29) is 5.54 Å². The van der Waals surface area contributed by atoms with Gasteiger partial charge in [-0.15, -0.1) is 0 Å². The lowest BCUT2D eigenvalue weighted by Crippen LogP contribution is -2.62. The van der Waals surface area contributed by atoms with E-state index in [1.54, 1.807) is 0 Å². The molecule has 1 saturated carbocycles. The molecule has 1 saturated heterocycles. The summed E-state index contributed by atoms with van der Waals surface area (Å²) in [5.74, 6) is 1.77. The van der Waals surface area contributed by atoms with Gasteiger partial charge in [0, 0.05) is 12.5 Å². The first-order valence-electron chi connectivity index (χ1n) is 8.57. The Bertz CT molecular complexity index is 462. The summed E-state index contributed by atoms with van der Waals surface area (Å²) in [6.45, 7) is 3.49. The molecule has 0 radical (unpaired) electrons. The van der Waals surface area contributed by atoms with Gasteiger partial charge in [-0.25, -0.2) is 0 Å². The summed E-state index contributed by atoms with van der Waals surface area (Å²) in [5, 5.41) is 8.02. The smallest absolute Gasteiger partial charge is 0.150 e. The number of hydrogen-bond donors (Lipinski definition) is 1. The molecule has 5 nitrogen and oxygen atoms in total. The third-order valence-electron chi connectivity index (χ3n) is 4.85. The van der Waals surface area contributed by atoms with Crippen molar-refractivity contribution in [3.05, 3.63) is 17.5 Å². The summed E-state index contributed by atoms with van der Waals surface area (Å²) in [6.07, 6.45) is 7.86. The van der Waals surface area contributed by atoms with Gasteiger partial charge < -0.3 is 19.5 Å². The minimum Gasteiger partial charge on any atom is -0.377 e. The third-order valence-corrected chi connectivity index (χ3v) is 4.85. The number of nitrogens with zero attached hydrogens (tertiary/aromatic N) is 2. The summed E-state index contributed by atoms with van der Waals surface area (Å²) in [7, 11) is 4.07. The van der Waals surface area contributed by atoms with E-state index in [1.807, 2.05) is 14.1 Å². The summed E-state index contributed by atoms with van der Waals surface area (Å²) in [4.78, 5) is 2.09. The van der Waals surface area contributed by atoms with Gasteiger partial charge >= 0.3 is 0 Å². The molecule has 0 atom stereocenters. The zero-order chi connectivity index (χ0) is 15.4. The number of rotatable bonds is 7. The van der Waals surface area contributed by atoms with Gasteiger partial charge in [0.1, 0.15) is 0 Å². The topological polar surface area (TPSA) is 50.5 Å². The molecule has 1 N–H and O–H groups in total. The summed E-state index contributed by atoms with van der Waals surface area (Å²) >= 11 is 0. The molecule has 22 heavy (non-hydrogen) atoms. The molecule has 2 fully saturated rings. The Morgan fingerprint density at radius 3 is 2.68 bits per heavy atom. The van der Waals surface area contributed by atoms with Gasteiger partial charge in [0.15, 0.2) is 5.76 Å². The normalized spacial score (nSPS) is 22.0. The van der Waals surface area contributed by atoms with E-state index in [0.717, 1.165) is 50.1 Å². The van der Waals surface area contributed by atoms with Crippen molar-refractivity contribution in [2.75, 3.05) is 33.9 Å². The fourth-order valence-corrected chi connectivity index (χ4v) is 3.54. The second-order valence-corrected chi connectivity index (χ2v) is 7.36. The average Bonchev–Trinajstić information content (AvgIpc) is 2.89. The monoisotopic (exact) mass is 307 g/mol. The number of aromatic nitrogens is 1. The van der Waals surface area contributed by atoms with Crippen LogP contribution in [-0.4, -0.2) is 49.4 Å². The summed E-state index contributed by atoms with van der Waals surface area (Å²) < 4.78 is 10.9. The molecule has 0 amide bonds. The van der Waals surface area contributed by atoms with Gasteiger partial charge in [-0.05, 0) is 39.4 Å². The van der Waals surface area contributed by atoms with Crippen LogP contribution in [0.15, 0.2) is 10.6 Å². The zero-order valence-corrected chi connectivity index (χ0v) is 13.9. The maximum absolute atomic E-state index is 5.49. The maximum atomic E-state index is 5.49. The van der Waals surface area contributed by atoms with Gasteiger partial charge in [0.05, 0.1) is 31.0 Å². The molecule has 1 aliphatic carbocycles. The maximum Gasteiger partial charge on any atom is 0.150 e. The first-order valence-corrected chi connectivity index (χ1v) is 8.57. The van der Waals surface area contributed by atoms with E-state index in [0.29, 0.717) is 0 Å². The molecule has 3 rings (SSSR count). The molecule has 1 aromatic heterocycles. The van der Waals surface area contributed by atoms with E-state index >= 15 is 0 Å². The average molecular weight is 307 g/mol. The molecule has 2 heterocycles. The molecule has 1 aromatic rings. The molecule has 0 bridgehead atoms. The van der Waals surface area contributed by atoms with E-state index in [9.17, 15) is 0 Å². The lowest BCUT2D eigenvalue weighted by molar-refractivity contribution is -0.0764. The Morgan fingerprint density at radius 2 is 2.05 bits per heavy atom. The van der Waals surface area contributed by atoms with Gasteiger partial charge in [-0.3, -0.25) is 0 Å². The lowest BCUT2D eigenvalue weighted by Gasteiger charge is -2.43. The lowest BCUT2D eigenvalue weighted by atomic mass is 9.86. The van der Waals surface area contributed by atoms with E-state index in [4.69, 9.17) is 9.26 Å². The highest BCUT2D eigenvalue weighted by Crippen LogP contribution is 2.26. The highest BCUT2D eigenvalue weighted by atomic mass is 16.5. The number of ether oxygens (including phenoxy) is 1. The standard InChI is InChI=1S/C17H29N3O2/c1-20(2)11-16-8-15(19-22-16)9-17(12-21-13-17)18-10-14-6-4-3-5-7-14/h8,14,18H,3-7,9-13H2,1-2H3. The first-order chi connectivity index (χ1) is 10.7. The van der Waals surface area contributed by atoms with E-state index in [2.05, 4.69) is 21.4 Å². The molecule has 0 spiro atoms. The van der Waals surface area contributed by atoms with Crippen molar-refractivity contribution in [1.29, 1.82) is 0 Å². The summed E-state index contributed by atoms with van der Waals surface area (Å²) in [5.41, 5.74) is 1.11. The molecule has 1 aliphatic heterocycles. The largest absolute Gasteiger partial charge is 0.377 e. The van der Waals surface area contributed by atoms with Crippen LogP contribution in [0.25, 0.3) is 0 Å². The van der Waals surface area contributed by atoms with Crippen molar-refractivity contribution in [2.45, 2.75) is 50.6 Å². The van der Waals surface area contributed by atoms with Crippen LogP contribution in [0.1, 0.15) is 43.6 Å². The quantitative estimate of drug-likeness (QED) is 0.837. The van der Waals surface area contributed by atoms with Crippen molar-refractivity contribution in [3.63, 3.8) is 0 Å². The second kappa shape index (κ2) is 7.11. The van der Waals surface area contributed by atoms with Crippen LogP contribution in [0.2, 0.25) is 0 Å². The van der Waals surface area contributed by atoms with Crippen LogP contribution in [0, 0.1) is 5.92 Å². The molecule has 5 heteroatoms. The number of hydrogen-bond acceptors (Lipinski definition) is 5. The van der Waals surface area contributed by atoms with Crippen LogP contribution in [0.3, 0.4) is 0 Å². The molecule has 2 aliphatic rings. The van der Waals surface area contributed by atoms with Crippen molar-refractivity contribution < 1.29 is 9.26 Å². The molecular weight excluding hydrogens is 278 g/mol. The number of nitrogens with one attached hydrogen (secondary N) is 1. The van der Waals surface area contributed by atoms with Crippen molar-refractivity contribution >= 4 is 0 Å². The third kappa shape index (κ3) is 4.09. The Morgan fingerprint density at radius 1 is 1.27 bits per heavy atom. The predicted octanol–water partition coefficient (Wildman–Crippen LogP) is 2.22. The van der Waals surface area contributed by atoms with Crippen LogP contribution in [0.5, 0.6) is 0 Å². The van der Waals surface area contributed by atoms with Crippen LogP contribution in [0.4, 0.5) is 0 Å². The van der Waals surface area contributed by atoms with Crippen LogP contribution in [-0.2, 0) is 17.7 Å². The van der Waals surface area contributed by atoms with Crippen molar-refractivity contribution in [1.82, 2.24) is 15.4 Å². The van der Waals surface area contributed by atoms with Crippen molar-refractivity contribution in [2.24, 2.45) is 5.92 Å². The minimum absolute atomic E-state index is 0.0731. The van der Waals surface area contributed by atoms with E-state index in [1.165, 1.54) is 32.1 Å². The fraction of sp³-hybridized carbons (Fsp3) is 0.824. The molecule has 0 aromatic carbocycles. The predicted molar refractivity (Wildman–Crippen MR) is 85.7 cm³/mol. The first kappa shape index (κ1) is 16.0. The van der Waals surface area contributed by atoms with Crippen molar-refractivity contribution in [3.8, 4) is 0 Å². The van der Waals surface area contributed by atoms with Crippen LogP contribution >= 0.6 is 0 Å². The van der Waals surface area contributed by atoms with Gasteiger partial charge in [-0.1, -0.05) is 24.4 Å². The SMILES string of the molecule is CN(C)Cc1cc(CC2(NCC3CCCCC3)COC2)no1. The van der Waals surface area contributed by atoms with Gasteiger partial charge in [-0.2, -0.15) is 0 Å². The van der Waals surface area contributed by atoms with Gasteiger partial charge in [0.2, 0.25) is 0 Å². The minimum atomic E-state index is 0.0731. The fourth-order valence-electron chi connectivity index (χ4n) is 3.54. The zero-order valence-electron chi connectivity index (χ0n) is 13.9. The molecule has 124 valence electrons.